The molecule has 0 bridgehead atoms. The molecule has 4 aromatic rings. The zero-order chi connectivity index (χ0) is 24.7. The molecule has 2 N–H and O–H groups in total. The zero-order valence-corrected chi connectivity index (χ0v) is 18.7. The van der Waals surface area contributed by atoms with E-state index in [4.69, 9.17) is 0 Å². The predicted molar refractivity (Wildman–Crippen MR) is 118 cm³/mol. The Hall–Kier alpha value is -4.33. The average Bonchev–Trinajstić information content (AvgIpc) is 3.56. The molecule has 5 heterocycles. The Morgan fingerprint density at radius 3 is 2.69 bits per heavy atom. The molecule has 1 atom stereocenters. The smallest absolute Gasteiger partial charge is 0.264 e. The van der Waals surface area contributed by atoms with Crippen molar-refractivity contribution in [1.82, 2.24) is 44.6 Å². The van der Waals surface area contributed by atoms with Crippen LogP contribution in [0.4, 0.5) is 20.4 Å². The van der Waals surface area contributed by atoms with Crippen LogP contribution in [-0.2, 0) is 17.4 Å². The van der Waals surface area contributed by atoms with E-state index in [9.17, 15) is 18.7 Å². The van der Waals surface area contributed by atoms with Gasteiger partial charge in [-0.3, -0.25) is 9.48 Å². The van der Waals surface area contributed by atoms with E-state index in [1.165, 1.54) is 29.4 Å². The molecule has 1 saturated heterocycles. The minimum absolute atomic E-state index is 0.0163. The third kappa shape index (κ3) is 4.19. The number of anilines is 2. The largest absolute Gasteiger partial charge is 0.374 e. The van der Waals surface area contributed by atoms with Crippen molar-refractivity contribution < 1.29 is 18.7 Å². The molecule has 1 amide bonds. The second-order valence-corrected chi connectivity index (χ2v) is 8.12. The molecule has 0 saturated carbocycles. The molecule has 180 valence electrons. The summed E-state index contributed by atoms with van der Waals surface area (Å²) < 4.78 is 30.2. The molecule has 0 aromatic carbocycles. The number of aliphatic hydroxyl groups is 1. The molecule has 4 aromatic heterocycles. The highest BCUT2D eigenvalue weighted by molar-refractivity contribution is 5.87. The molecular weight excluding hydrogens is 462 g/mol. The van der Waals surface area contributed by atoms with Crippen molar-refractivity contribution in [2.45, 2.75) is 18.4 Å². The van der Waals surface area contributed by atoms with E-state index in [-0.39, 0.29) is 35.1 Å². The molecule has 5 rings (SSSR count). The number of nitrogens with zero attached hydrogens (tertiary/aromatic N) is 9. The highest BCUT2D eigenvalue weighted by Gasteiger charge is 2.47. The van der Waals surface area contributed by atoms with Gasteiger partial charge < -0.3 is 15.3 Å². The number of rotatable bonds is 6. The van der Waals surface area contributed by atoms with Gasteiger partial charge in [0.1, 0.15) is 5.69 Å². The van der Waals surface area contributed by atoms with Crippen molar-refractivity contribution in [3.63, 3.8) is 0 Å². The SMILES string of the molecule is CN1CCC(O)(c2cn(-c3cc(C(F)F)cc(-c4ccnc(Nc5cnn(C)c5)n4)n3)nn2)C1=O. The third-order valence-corrected chi connectivity index (χ3v) is 5.63. The van der Waals surface area contributed by atoms with Crippen LogP contribution in [0.25, 0.3) is 17.2 Å². The maximum atomic E-state index is 13.7. The van der Waals surface area contributed by atoms with E-state index in [0.29, 0.717) is 17.9 Å². The van der Waals surface area contributed by atoms with Gasteiger partial charge in [-0.1, -0.05) is 5.21 Å². The first kappa shape index (κ1) is 22.5. The Morgan fingerprint density at radius 1 is 1.17 bits per heavy atom. The van der Waals surface area contributed by atoms with Crippen molar-refractivity contribution in [3.8, 4) is 17.2 Å². The van der Waals surface area contributed by atoms with E-state index < -0.39 is 17.9 Å². The number of pyridine rings is 1. The zero-order valence-electron chi connectivity index (χ0n) is 18.7. The average molecular weight is 482 g/mol. The van der Waals surface area contributed by atoms with Crippen molar-refractivity contribution in [1.29, 1.82) is 0 Å². The first-order chi connectivity index (χ1) is 16.7. The van der Waals surface area contributed by atoms with Gasteiger partial charge in [0, 0.05) is 45.0 Å². The van der Waals surface area contributed by atoms with Crippen LogP contribution in [-0.4, -0.2) is 69.2 Å². The first-order valence-corrected chi connectivity index (χ1v) is 10.5. The molecule has 1 aliphatic rings. The number of alkyl halides is 2. The molecular formula is C21H20F2N10O2. The Labute approximate surface area is 197 Å². The summed E-state index contributed by atoms with van der Waals surface area (Å²) in [6.45, 7) is 0.356. The normalized spacial score (nSPS) is 18.0. The summed E-state index contributed by atoms with van der Waals surface area (Å²) in [7, 11) is 3.34. The van der Waals surface area contributed by atoms with Crippen molar-refractivity contribution >= 4 is 17.5 Å². The van der Waals surface area contributed by atoms with Gasteiger partial charge in [0.15, 0.2) is 11.4 Å². The lowest BCUT2D eigenvalue weighted by molar-refractivity contribution is -0.143. The topological polar surface area (TPSA) is 140 Å². The predicted octanol–water partition coefficient (Wildman–Crippen LogP) is 1.58. The maximum absolute atomic E-state index is 13.7. The fourth-order valence-corrected chi connectivity index (χ4v) is 3.74. The summed E-state index contributed by atoms with van der Waals surface area (Å²) in [4.78, 5) is 26.7. The van der Waals surface area contributed by atoms with E-state index >= 15 is 0 Å². The minimum atomic E-state index is -2.79. The maximum Gasteiger partial charge on any atom is 0.264 e. The second-order valence-electron chi connectivity index (χ2n) is 8.12. The quantitative estimate of drug-likeness (QED) is 0.419. The fraction of sp³-hybridized carbons (Fsp3) is 0.286. The molecule has 0 aliphatic carbocycles. The number of hydrogen-bond donors (Lipinski definition) is 2. The van der Waals surface area contributed by atoms with Crippen molar-refractivity contribution in [3.05, 3.63) is 54.2 Å². The number of carbonyl (C=O) groups excluding carboxylic acids is 1. The van der Waals surface area contributed by atoms with Crippen LogP contribution < -0.4 is 5.32 Å². The van der Waals surface area contributed by atoms with Crippen molar-refractivity contribution in [2.24, 2.45) is 7.05 Å². The lowest BCUT2D eigenvalue weighted by Gasteiger charge is -2.17. The van der Waals surface area contributed by atoms with E-state index in [2.05, 4.69) is 35.7 Å². The Balaban J connectivity index is 1.51. The van der Waals surface area contributed by atoms with Crippen LogP contribution in [0.2, 0.25) is 0 Å². The summed E-state index contributed by atoms with van der Waals surface area (Å²) in [5, 5.41) is 25.7. The molecule has 1 unspecified atom stereocenters. The molecule has 0 spiro atoms. The molecule has 14 heteroatoms. The van der Waals surface area contributed by atoms with Crippen LogP contribution in [0.15, 0.2) is 43.0 Å². The second kappa shape index (κ2) is 8.47. The molecule has 35 heavy (non-hydrogen) atoms. The highest BCUT2D eigenvalue weighted by atomic mass is 19.3. The van der Waals surface area contributed by atoms with Gasteiger partial charge in [-0.2, -0.15) is 5.10 Å². The summed E-state index contributed by atoms with van der Waals surface area (Å²) in [5.74, 6) is -0.246. The van der Waals surface area contributed by atoms with Gasteiger partial charge in [0.25, 0.3) is 12.3 Å². The lowest BCUT2D eigenvalue weighted by Crippen LogP contribution is -2.36. The third-order valence-electron chi connectivity index (χ3n) is 5.63. The molecule has 1 fully saturated rings. The van der Waals surface area contributed by atoms with E-state index in [1.807, 2.05) is 0 Å². The van der Waals surface area contributed by atoms with Crippen LogP contribution in [0.5, 0.6) is 0 Å². The number of likely N-dealkylation sites (tertiary alicyclic amines) is 1. The van der Waals surface area contributed by atoms with Crippen LogP contribution in [0, 0.1) is 0 Å². The summed E-state index contributed by atoms with van der Waals surface area (Å²) in [6, 6.07) is 3.93. The van der Waals surface area contributed by atoms with E-state index in [1.54, 1.807) is 31.2 Å². The fourth-order valence-electron chi connectivity index (χ4n) is 3.74. The summed E-state index contributed by atoms with van der Waals surface area (Å²) in [5.41, 5.74) is -1.01. The number of carbonyl (C=O) groups is 1. The Bertz CT molecular complexity index is 1400. The summed E-state index contributed by atoms with van der Waals surface area (Å²) in [6.07, 6.45) is 3.46. The van der Waals surface area contributed by atoms with Gasteiger partial charge in [0.05, 0.1) is 29.5 Å². The standard InChI is InChI=1S/C21H20F2N10O2/c1-31-6-4-21(35,19(31)34)16-11-33(30-29-16)17-8-12(18(22)23)7-15(27-17)14-3-5-24-20(28-14)26-13-9-25-32(2)10-13/h3,5,7-11,18,35H,4,6H2,1-2H3,(H,24,26,28). The van der Waals surface area contributed by atoms with Gasteiger partial charge in [-0.25, -0.2) is 28.4 Å². The van der Waals surface area contributed by atoms with Gasteiger partial charge in [-0.15, -0.1) is 5.10 Å². The highest BCUT2D eigenvalue weighted by Crippen LogP contribution is 2.32. The number of aromatic nitrogens is 8. The van der Waals surface area contributed by atoms with Crippen molar-refractivity contribution in [2.75, 3.05) is 18.9 Å². The number of nitrogens with one attached hydrogen (secondary N) is 1. The molecule has 12 nitrogen and oxygen atoms in total. The number of likely N-dealkylation sites (N-methyl/N-ethyl adjacent to an activating group) is 1. The number of aryl methyl sites for hydroxylation is 1. The Kier molecular flexibility index (Phi) is 5.43. The Morgan fingerprint density at radius 2 is 2.00 bits per heavy atom. The monoisotopic (exact) mass is 482 g/mol. The van der Waals surface area contributed by atoms with E-state index in [0.717, 1.165) is 10.7 Å². The van der Waals surface area contributed by atoms with Gasteiger partial charge in [-0.05, 0) is 18.2 Å². The van der Waals surface area contributed by atoms with Crippen LogP contribution in [0.3, 0.4) is 0 Å². The van der Waals surface area contributed by atoms with Crippen LogP contribution >= 0.6 is 0 Å². The number of halogens is 2. The summed E-state index contributed by atoms with van der Waals surface area (Å²) >= 11 is 0. The van der Waals surface area contributed by atoms with Crippen LogP contribution in [0.1, 0.15) is 24.1 Å². The lowest BCUT2D eigenvalue weighted by atomic mass is 9.99. The van der Waals surface area contributed by atoms with Gasteiger partial charge in [0.2, 0.25) is 5.95 Å². The first-order valence-electron chi connectivity index (χ1n) is 10.5. The molecule has 1 aliphatic heterocycles. The van der Waals surface area contributed by atoms with Gasteiger partial charge >= 0.3 is 0 Å². The number of amides is 1. The minimum Gasteiger partial charge on any atom is -0.374 e. The number of hydrogen-bond acceptors (Lipinski definition) is 9. The molecule has 0 radical (unpaired) electrons.